The molecule has 0 aliphatic heterocycles. The van der Waals surface area contributed by atoms with Crippen LogP contribution in [-0.4, -0.2) is 12.9 Å². The Morgan fingerprint density at radius 1 is 1.54 bits per heavy atom. The molecule has 13 heavy (non-hydrogen) atoms. The minimum Gasteiger partial charge on any atom is -0.493 e. The summed E-state index contributed by atoms with van der Waals surface area (Å²) in [5, 5.41) is 0. The van der Waals surface area contributed by atoms with Crippen molar-refractivity contribution in [1.29, 1.82) is 0 Å². The molecule has 0 radical (unpaired) electrons. The highest BCUT2D eigenvalue weighted by Gasteiger charge is 1.98. The summed E-state index contributed by atoms with van der Waals surface area (Å²) in [5.74, 6) is 0.350. The molecule has 0 saturated heterocycles. The lowest BCUT2D eigenvalue weighted by atomic mass is 10.2. The number of halogens is 1. The van der Waals surface area contributed by atoms with Gasteiger partial charge in [-0.2, -0.15) is 0 Å². The van der Waals surface area contributed by atoms with Gasteiger partial charge in [0.05, 0.1) is 6.61 Å². The van der Waals surface area contributed by atoms with Gasteiger partial charge in [0.2, 0.25) is 0 Å². The molecule has 0 saturated carbocycles. The highest BCUT2D eigenvalue weighted by atomic mass is 19.1. The summed E-state index contributed by atoms with van der Waals surface area (Å²) in [6.45, 7) is 2.01. The fourth-order valence-corrected chi connectivity index (χ4v) is 0.932. The van der Waals surface area contributed by atoms with Crippen molar-refractivity contribution < 1.29 is 13.9 Å². The fraction of sp³-hybridized carbons (Fsp3) is 0.300. The minimum atomic E-state index is -0.247. The molecule has 1 aromatic rings. The third-order valence-corrected chi connectivity index (χ3v) is 1.63. The van der Waals surface area contributed by atoms with Gasteiger partial charge in [-0.15, -0.1) is 0 Å². The van der Waals surface area contributed by atoms with E-state index < -0.39 is 0 Å². The molecular weight excluding hydrogens is 171 g/mol. The maximum Gasteiger partial charge on any atom is 0.126 e. The number of ether oxygens (including phenoxy) is 1. The van der Waals surface area contributed by atoms with E-state index in [1.807, 2.05) is 0 Å². The molecule has 0 heterocycles. The SMILES string of the molecule is Cc1cc(OCCC=O)ccc1F. The van der Waals surface area contributed by atoms with Crippen molar-refractivity contribution in [2.45, 2.75) is 13.3 Å². The predicted molar refractivity (Wildman–Crippen MR) is 47.3 cm³/mol. The van der Waals surface area contributed by atoms with Gasteiger partial charge >= 0.3 is 0 Å². The summed E-state index contributed by atoms with van der Waals surface area (Å²) in [5.41, 5.74) is 0.545. The van der Waals surface area contributed by atoms with Gasteiger partial charge < -0.3 is 9.53 Å². The lowest BCUT2D eigenvalue weighted by Crippen LogP contribution is -1.98. The van der Waals surface area contributed by atoms with E-state index in [9.17, 15) is 9.18 Å². The normalized spacial score (nSPS) is 9.69. The Labute approximate surface area is 76.3 Å². The zero-order valence-electron chi connectivity index (χ0n) is 7.42. The molecule has 1 rings (SSSR count). The van der Waals surface area contributed by atoms with Crippen LogP contribution >= 0.6 is 0 Å². The van der Waals surface area contributed by atoms with Gasteiger partial charge in [-0.3, -0.25) is 0 Å². The second-order valence-electron chi connectivity index (χ2n) is 2.71. The molecule has 2 nitrogen and oxygen atoms in total. The number of carbonyl (C=O) groups is 1. The summed E-state index contributed by atoms with van der Waals surface area (Å²) in [7, 11) is 0. The lowest BCUT2D eigenvalue weighted by molar-refractivity contribution is -0.108. The monoisotopic (exact) mass is 182 g/mol. The number of benzene rings is 1. The molecule has 0 unspecified atom stereocenters. The molecule has 0 bridgehead atoms. The fourth-order valence-electron chi connectivity index (χ4n) is 0.932. The third kappa shape index (κ3) is 2.86. The van der Waals surface area contributed by atoms with Crippen molar-refractivity contribution >= 4 is 6.29 Å². The van der Waals surface area contributed by atoms with Gasteiger partial charge in [0, 0.05) is 6.42 Å². The number of aryl methyl sites for hydroxylation is 1. The van der Waals surface area contributed by atoms with Crippen molar-refractivity contribution in [2.24, 2.45) is 0 Å². The molecular formula is C10H11FO2. The quantitative estimate of drug-likeness (QED) is 0.526. The summed E-state index contributed by atoms with van der Waals surface area (Å²) in [6, 6.07) is 4.51. The van der Waals surface area contributed by atoms with Crippen LogP contribution in [0.4, 0.5) is 4.39 Å². The van der Waals surface area contributed by atoms with Gasteiger partial charge in [-0.1, -0.05) is 0 Å². The maximum absolute atomic E-state index is 12.8. The first-order chi connectivity index (χ1) is 6.24. The van der Waals surface area contributed by atoms with E-state index in [0.717, 1.165) is 6.29 Å². The Hall–Kier alpha value is -1.38. The van der Waals surface area contributed by atoms with Crippen LogP contribution in [0.2, 0.25) is 0 Å². The first kappa shape index (κ1) is 9.71. The van der Waals surface area contributed by atoms with Gasteiger partial charge in [0.15, 0.2) is 0 Å². The Morgan fingerprint density at radius 2 is 2.31 bits per heavy atom. The van der Waals surface area contributed by atoms with E-state index in [-0.39, 0.29) is 5.82 Å². The Bertz CT molecular complexity index is 297. The van der Waals surface area contributed by atoms with Gasteiger partial charge in [-0.25, -0.2) is 4.39 Å². The van der Waals surface area contributed by atoms with Crippen LogP contribution in [0.25, 0.3) is 0 Å². The third-order valence-electron chi connectivity index (χ3n) is 1.63. The number of rotatable bonds is 4. The first-order valence-electron chi connectivity index (χ1n) is 4.06. The smallest absolute Gasteiger partial charge is 0.126 e. The van der Waals surface area contributed by atoms with Crippen LogP contribution in [-0.2, 0) is 4.79 Å². The van der Waals surface area contributed by atoms with E-state index >= 15 is 0 Å². The van der Waals surface area contributed by atoms with Crippen LogP contribution in [0.5, 0.6) is 5.75 Å². The molecule has 0 fully saturated rings. The van der Waals surface area contributed by atoms with Crippen molar-refractivity contribution in [1.82, 2.24) is 0 Å². The summed E-state index contributed by atoms with van der Waals surface area (Å²) in [6.07, 6.45) is 1.15. The zero-order chi connectivity index (χ0) is 9.68. The molecule has 3 heteroatoms. The molecule has 0 aromatic heterocycles. The van der Waals surface area contributed by atoms with Crippen LogP contribution in [0.15, 0.2) is 18.2 Å². The average Bonchev–Trinajstić information content (AvgIpc) is 2.12. The van der Waals surface area contributed by atoms with Crippen LogP contribution < -0.4 is 4.74 Å². The zero-order valence-corrected chi connectivity index (χ0v) is 7.42. The molecule has 0 spiro atoms. The van der Waals surface area contributed by atoms with Crippen molar-refractivity contribution in [2.75, 3.05) is 6.61 Å². The van der Waals surface area contributed by atoms with Gasteiger partial charge in [0.1, 0.15) is 17.9 Å². The molecule has 70 valence electrons. The molecule has 0 atom stereocenters. The lowest BCUT2D eigenvalue weighted by Gasteiger charge is -2.04. The largest absolute Gasteiger partial charge is 0.493 e. The highest BCUT2D eigenvalue weighted by molar-refractivity contribution is 5.49. The Balaban J connectivity index is 2.57. The van der Waals surface area contributed by atoms with Crippen molar-refractivity contribution in [3.63, 3.8) is 0 Å². The standard InChI is InChI=1S/C10H11FO2/c1-8-7-9(3-4-10(8)11)13-6-2-5-12/h3-5,7H,2,6H2,1H3. The number of hydrogen-bond acceptors (Lipinski definition) is 2. The number of aldehydes is 1. The van der Waals surface area contributed by atoms with Crippen molar-refractivity contribution in [3.8, 4) is 5.75 Å². The summed E-state index contributed by atoms with van der Waals surface area (Å²) in [4.78, 5) is 9.98. The van der Waals surface area contributed by atoms with Crippen LogP contribution in [0, 0.1) is 12.7 Å². The minimum absolute atomic E-state index is 0.247. The maximum atomic E-state index is 12.8. The molecule has 1 aromatic carbocycles. The Kier molecular flexibility index (Phi) is 3.43. The van der Waals surface area contributed by atoms with E-state index in [4.69, 9.17) is 4.74 Å². The number of carbonyl (C=O) groups excluding carboxylic acids is 1. The Morgan fingerprint density at radius 3 is 2.92 bits per heavy atom. The average molecular weight is 182 g/mol. The second kappa shape index (κ2) is 4.60. The molecule has 0 aliphatic carbocycles. The van der Waals surface area contributed by atoms with Crippen LogP contribution in [0.1, 0.15) is 12.0 Å². The second-order valence-corrected chi connectivity index (χ2v) is 2.71. The van der Waals surface area contributed by atoms with E-state index in [1.165, 1.54) is 6.07 Å². The van der Waals surface area contributed by atoms with Crippen molar-refractivity contribution in [3.05, 3.63) is 29.6 Å². The van der Waals surface area contributed by atoms with Gasteiger partial charge in [-0.05, 0) is 30.7 Å². The highest BCUT2D eigenvalue weighted by Crippen LogP contribution is 2.15. The first-order valence-corrected chi connectivity index (χ1v) is 4.06. The molecule has 0 amide bonds. The van der Waals surface area contributed by atoms with E-state index in [1.54, 1.807) is 19.1 Å². The topological polar surface area (TPSA) is 26.3 Å². The van der Waals surface area contributed by atoms with E-state index in [0.29, 0.717) is 24.3 Å². The summed E-state index contributed by atoms with van der Waals surface area (Å²) >= 11 is 0. The van der Waals surface area contributed by atoms with Gasteiger partial charge in [0.25, 0.3) is 0 Å². The number of hydrogen-bond donors (Lipinski definition) is 0. The van der Waals surface area contributed by atoms with E-state index in [2.05, 4.69) is 0 Å². The predicted octanol–water partition coefficient (Wildman–Crippen LogP) is 2.10. The molecule has 0 aliphatic rings. The molecule has 0 N–H and O–H groups in total. The summed E-state index contributed by atoms with van der Waals surface area (Å²) < 4.78 is 18.0. The van der Waals surface area contributed by atoms with Crippen LogP contribution in [0.3, 0.4) is 0 Å².